The van der Waals surface area contributed by atoms with Crippen molar-refractivity contribution in [3.63, 3.8) is 0 Å². The number of nitrogens with zero attached hydrogens (tertiary/aromatic N) is 3. The molecule has 33 heavy (non-hydrogen) atoms. The van der Waals surface area contributed by atoms with E-state index in [1.165, 1.54) is 12.8 Å². The van der Waals surface area contributed by atoms with E-state index in [9.17, 15) is 14.7 Å². The van der Waals surface area contributed by atoms with Crippen LogP contribution < -0.4 is 10.6 Å². The van der Waals surface area contributed by atoms with E-state index < -0.39 is 12.4 Å². The maximum absolute atomic E-state index is 12.8. The summed E-state index contributed by atoms with van der Waals surface area (Å²) in [6, 6.07) is 8.88. The summed E-state index contributed by atoms with van der Waals surface area (Å²) in [5.41, 5.74) is 7.81. The third kappa shape index (κ3) is 5.53. The van der Waals surface area contributed by atoms with E-state index in [2.05, 4.69) is 9.88 Å². The Morgan fingerprint density at radius 3 is 2.42 bits per heavy atom. The van der Waals surface area contributed by atoms with Crippen molar-refractivity contribution < 1.29 is 14.7 Å². The monoisotopic (exact) mass is 490 g/mol. The second-order valence-electron chi connectivity index (χ2n) is 8.95. The Bertz CT molecular complexity index is 1010. The standard InChI is InChI=1S/C24H28Cl2N4O3/c25-17-7-5-16(6-8-17)21-14-29(22(31)11-23(32)33)13-19(9-15-3-1-2-4-15)30(21)24-20(27)10-18(26)12-28-24/h5-8,10,12,15,19,21H,1-4,9,11,13-14,27H2,(H,32,33)/t19?,21-/m0/s1. The highest BCUT2D eigenvalue weighted by Crippen LogP contribution is 2.40. The highest BCUT2D eigenvalue weighted by atomic mass is 35.5. The zero-order valence-electron chi connectivity index (χ0n) is 18.3. The molecule has 1 unspecified atom stereocenters. The molecule has 3 N–H and O–H groups in total. The van der Waals surface area contributed by atoms with Crippen LogP contribution in [-0.4, -0.2) is 46.0 Å². The molecule has 4 rings (SSSR count). The molecule has 1 amide bonds. The highest BCUT2D eigenvalue weighted by molar-refractivity contribution is 6.31. The number of carboxylic acid groups (broad SMARTS) is 1. The van der Waals surface area contributed by atoms with Crippen LogP contribution in [0.2, 0.25) is 10.0 Å². The van der Waals surface area contributed by atoms with Crippen molar-refractivity contribution in [1.29, 1.82) is 0 Å². The lowest BCUT2D eigenvalue weighted by Crippen LogP contribution is -2.57. The molecular formula is C24H28Cl2N4O3. The number of carbonyl (C=O) groups is 2. The zero-order valence-corrected chi connectivity index (χ0v) is 19.8. The van der Waals surface area contributed by atoms with Crippen LogP contribution in [0.3, 0.4) is 0 Å². The topological polar surface area (TPSA) is 99.8 Å². The second kappa shape index (κ2) is 10.2. The van der Waals surface area contributed by atoms with Gasteiger partial charge in [-0.2, -0.15) is 0 Å². The van der Waals surface area contributed by atoms with Crippen molar-refractivity contribution in [2.75, 3.05) is 23.7 Å². The second-order valence-corrected chi connectivity index (χ2v) is 9.82. The molecule has 2 atom stereocenters. The molecule has 1 aliphatic heterocycles. The minimum Gasteiger partial charge on any atom is -0.481 e. The molecule has 1 saturated heterocycles. The highest BCUT2D eigenvalue weighted by Gasteiger charge is 2.40. The first kappa shape index (κ1) is 23.6. The molecule has 1 aromatic carbocycles. The smallest absolute Gasteiger partial charge is 0.312 e. The molecule has 0 spiro atoms. The van der Waals surface area contributed by atoms with Crippen LogP contribution in [-0.2, 0) is 9.59 Å². The van der Waals surface area contributed by atoms with Crippen LogP contribution in [0.1, 0.15) is 50.1 Å². The molecule has 1 saturated carbocycles. The number of pyridine rings is 1. The van der Waals surface area contributed by atoms with Crippen molar-refractivity contribution in [1.82, 2.24) is 9.88 Å². The largest absolute Gasteiger partial charge is 0.481 e. The number of rotatable bonds is 6. The van der Waals surface area contributed by atoms with Crippen molar-refractivity contribution in [2.45, 2.75) is 50.6 Å². The van der Waals surface area contributed by atoms with Crippen molar-refractivity contribution in [3.8, 4) is 0 Å². The summed E-state index contributed by atoms with van der Waals surface area (Å²) in [7, 11) is 0. The summed E-state index contributed by atoms with van der Waals surface area (Å²) >= 11 is 12.3. The molecule has 1 aromatic heterocycles. The molecule has 0 radical (unpaired) electrons. The van der Waals surface area contributed by atoms with E-state index in [0.717, 1.165) is 24.8 Å². The minimum absolute atomic E-state index is 0.0590. The van der Waals surface area contributed by atoms with Gasteiger partial charge in [0.15, 0.2) is 5.82 Å². The van der Waals surface area contributed by atoms with E-state index in [-0.39, 0.29) is 18.0 Å². The van der Waals surface area contributed by atoms with Crippen LogP contribution in [0.5, 0.6) is 0 Å². The predicted octanol–water partition coefficient (Wildman–Crippen LogP) is 4.78. The number of piperazine rings is 1. The van der Waals surface area contributed by atoms with Gasteiger partial charge >= 0.3 is 5.97 Å². The number of carboxylic acids is 1. The number of hydrogen-bond acceptors (Lipinski definition) is 5. The number of halogens is 2. The van der Waals surface area contributed by atoms with Crippen LogP contribution in [0.25, 0.3) is 0 Å². The average molecular weight is 491 g/mol. The number of aromatic nitrogens is 1. The van der Waals surface area contributed by atoms with Gasteiger partial charge < -0.3 is 20.6 Å². The van der Waals surface area contributed by atoms with Gasteiger partial charge in [0.25, 0.3) is 0 Å². The molecule has 0 bridgehead atoms. The van der Waals surface area contributed by atoms with E-state index >= 15 is 0 Å². The number of aliphatic carboxylic acids is 1. The fraction of sp³-hybridized carbons (Fsp3) is 0.458. The van der Waals surface area contributed by atoms with Gasteiger partial charge in [-0.15, -0.1) is 0 Å². The lowest BCUT2D eigenvalue weighted by atomic mass is 9.91. The van der Waals surface area contributed by atoms with Gasteiger partial charge in [0.1, 0.15) is 6.42 Å². The first-order valence-electron chi connectivity index (χ1n) is 11.3. The Balaban J connectivity index is 1.76. The van der Waals surface area contributed by atoms with Crippen molar-refractivity contribution in [3.05, 3.63) is 52.1 Å². The van der Waals surface area contributed by atoms with Gasteiger partial charge in [-0.25, -0.2) is 4.98 Å². The van der Waals surface area contributed by atoms with Gasteiger partial charge in [0.2, 0.25) is 5.91 Å². The first-order valence-corrected chi connectivity index (χ1v) is 12.0. The SMILES string of the molecule is Nc1cc(Cl)cnc1N1C(CC2CCCC2)CN(C(=O)CC(=O)O)C[C@H]1c1ccc(Cl)cc1. The Morgan fingerprint density at radius 1 is 1.09 bits per heavy atom. The Hall–Kier alpha value is -2.51. The Labute approximate surface area is 203 Å². The lowest BCUT2D eigenvalue weighted by Gasteiger charge is -2.48. The minimum atomic E-state index is -1.12. The fourth-order valence-electron chi connectivity index (χ4n) is 5.17. The van der Waals surface area contributed by atoms with Crippen LogP contribution >= 0.6 is 23.2 Å². The van der Waals surface area contributed by atoms with Crippen LogP contribution in [0.15, 0.2) is 36.5 Å². The number of nitrogen functional groups attached to an aromatic ring is 1. The molecule has 2 heterocycles. The molecular weight excluding hydrogens is 463 g/mol. The molecule has 2 aliphatic rings. The average Bonchev–Trinajstić information content (AvgIpc) is 3.27. The summed E-state index contributed by atoms with van der Waals surface area (Å²) in [6.07, 6.45) is 6.67. The molecule has 9 heteroatoms. The molecule has 2 aromatic rings. The maximum atomic E-state index is 12.8. The Kier molecular flexibility index (Phi) is 7.29. The first-order chi connectivity index (χ1) is 15.8. The summed E-state index contributed by atoms with van der Waals surface area (Å²) < 4.78 is 0. The predicted molar refractivity (Wildman–Crippen MR) is 130 cm³/mol. The summed E-state index contributed by atoms with van der Waals surface area (Å²) in [5.74, 6) is -0.324. The van der Waals surface area contributed by atoms with E-state index in [4.69, 9.17) is 28.9 Å². The third-order valence-electron chi connectivity index (χ3n) is 6.65. The quantitative estimate of drug-likeness (QED) is 0.564. The van der Waals surface area contributed by atoms with Gasteiger partial charge in [0.05, 0.1) is 16.8 Å². The number of nitrogens with two attached hydrogens (primary N) is 1. The summed E-state index contributed by atoms with van der Waals surface area (Å²) in [4.78, 5) is 32.5. The summed E-state index contributed by atoms with van der Waals surface area (Å²) in [5, 5.41) is 10.3. The van der Waals surface area contributed by atoms with Crippen molar-refractivity contribution in [2.24, 2.45) is 5.92 Å². The Morgan fingerprint density at radius 2 is 1.79 bits per heavy atom. The van der Waals surface area contributed by atoms with Crippen molar-refractivity contribution >= 4 is 46.6 Å². The van der Waals surface area contributed by atoms with Crippen LogP contribution in [0.4, 0.5) is 11.5 Å². The third-order valence-corrected chi connectivity index (χ3v) is 7.11. The lowest BCUT2D eigenvalue weighted by molar-refractivity contribution is -0.144. The van der Waals surface area contributed by atoms with Gasteiger partial charge in [0, 0.05) is 30.4 Å². The number of carbonyl (C=O) groups excluding carboxylic acids is 1. The summed E-state index contributed by atoms with van der Waals surface area (Å²) in [6.45, 7) is 0.759. The van der Waals surface area contributed by atoms with E-state index in [1.54, 1.807) is 17.2 Å². The number of hydrogen-bond donors (Lipinski definition) is 2. The van der Waals surface area contributed by atoms with Gasteiger partial charge in [-0.05, 0) is 36.1 Å². The molecule has 2 fully saturated rings. The fourth-order valence-corrected chi connectivity index (χ4v) is 5.46. The van der Waals surface area contributed by atoms with E-state index in [0.29, 0.717) is 40.6 Å². The number of anilines is 2. The number of amides is 1. The van der Waals surface area contributed by atoms with Crippen LogP contribution in [0, 0.1) is 5.92 Å². The molecule has 176 valence electrons. The molecule has 7 nitrogen and oxygen atoms in total. The number of benzene rings is 1. The van der Waals surface area contributed by atoms with Gasteiger partial charge in [-0.3, -0.25) is 9.59 Å². The normalized spacial score (nSPS) is 21.4. The van der Waals surface area contributed by atoms with E-state index in [1.807, 2.05) is 24.3 Å². The zero-order chi connectivity index (χ0) is 23.5. The maximum Gasteiger partial charge on any atom is 0.312 e. The van der Waals surface area contributed by atoms with Gasteiger partial charge in [-0.1, -0.05) is 61.0 Å². The molecule has 1 aliphatic carbocycles.